The van der Waals surface area contributed by atoms with E-state index >= 15 is 0 Å². The number of hydrogen-bond donors (Lipinski definition) is 1. The summed E-state index contributed by atoms with van der Waals surface area (Å²) in [5.74, 6) is -0.821. The highest BCUT2D eigenvalue weighted by Crippen LogP contribution is 2.24. The summed E-state index contributed by atoms with van der Waals surface area (Å²) in [6.07, 6.45) is 2.78. The molecule has 2 nitrogen and oxygen atoms in total. The van der Waals surface area contributed by atoms with Gasteiger partial charge in [0.05, 0.1) is 10.9 Å². The molecule has 1 fully saturated rings. The Labute approximate surface area is 105 Å². The lowest BCUT2D eigenvalue weighted by Crippen LogP contribution is -2.38. The van der Waals surface area contributed by atoms with Crippen molar-refractivity contribution in [2.24, 2.45) is 0 Å². The van der Waals surface area contributed by atoms with Gasteiger partial charge in [0.25, 0.3) is 5.91 Å². The van der Waals surface area contributed by atoms with Gasteiger partial charge in [0.15, 0.2) is 0 Å². The van der Waals surface area contributed by atoms with Gasteiger partial charge in [-0.15, -0.1) is 11.6 Å². The topological polar surface area (TPSA) is 29.1 Å². The first-order chi connectivity index (χ1) is 8.09. The molecule has 1 aliphatic rings. The lowest BCUT2D eigenvalue weighted by atomic mass is 10.1. The van der Waals surface area contributed by atoms with Crippen LogP contribution in [0.1, 0.15) is 35.2 Å². The van der Waals surface area contributed by atoms with Crippen molar-refractivity contribution in [1.82, 2.24) is 5.32 Å². The van der Waals surface area contributed by atoms with Crippen LogP contribution in [0.5, 0.6) is 0 Å². The molecule has 1 saturated carbocycles. The third kappa shape index (κ3) is 2.60. The average Bonchev–Trinajstić information content (AvgIpc) is 2.68. The van der Waals surface area contributed by atoms with Crippen molar-refractivity contribution in [2.75, 3.05) is 0 Å². The third-order valence-electron chi connectivity index (χ3n) is 3.18. The summed E-state index contributed by atoms with van der Waals surface area (Å²) in [6, 6.07) is 4.78. The predicted octanol–water partition coefficient (Wildman–Crippen LogP) is 3.02. The van der Waals surface area contributed by atoms with E-state index in [9.17, 15) is 9.18 Å². The highest BCUT2D eigenvalue weighted by molar-refractivity contribution is 6.21. The maximum Gasteiger partial charge on any atom is 0.254 e. The quantitative estimate of drug-likeness (QED) is 0.809. The van der Waals surface area contributed by atoms with Crippen LogP contribution >= 0.6 is 11.6 Å². The van der Waals surface area contributed by atoms with Crippen LogP contribution < -0.4 is 5.32 Å². The standard InChI is InChI=1S/C13H15ClFNO/c1-8-4-2-5-9(12(8)15)13(17)16-11-7-3-6-10(11)14/h2,4-5,10-11H,3,6-7H2,1H3,(H,16,17). The molecule has 2 atom stereocenters. The Morgan fingerprint density at radius 1 is 1.47 bits per heavy atom. The van der Waals surface area contributed by atoms with Crippen LogP contribution in [0.3, 0.4) is 0 Å². The molecule has 0 aliphatic heterocycles. The molecule has 1 aliphatic carbocycles. The van der Waals surface area contributed by atoms with Gasteiger partial charge in [-0.3, -0.25) is 4.79 Å². The summed E-state index contributed by atoms with van der Waals surface area (Å²) < 4.78 is 13.7. The Morgan fingerprint density at radius 3 is 2.88 bits per heavy atom. The van der Waals surface area contributed by atoms with Crippen LogP contribution in [0.15, 0.2) is 18.2 Å². The fourth-order valence-corrected chi connectivity index (χ4v) is 2.49. The second-order valence-electron chi connectivity index (χ2n) is 4.46. The molecule has 0 aromatic heterocycles. The normalized spacial score (nSPS) is 23.7. The molecule has 1 N–H and O–H groups in total. The number of carbonyl (C=O) groups is 1. The first kappa shape index (κ1) is 12.4. The van der Waals surface area contributed by atoms with Crippen molar-refractivity contribution in [3.05, 3.63) is 35.1 Å². The zero-order chi connectivity index (χ0) is 12.4. The molecule has 2 unspecified atom stereocenters. The van der Waals surface area contributed by atoms with Crippen molar-refractivity contribution in [3.63, 3.8) is 0 Å². The predicted molar refractivity (Wildman–Crippen MR) is 65.9 cm³/mol. The van der Waals surface area contributed by atoms with E-state index < -0.39 is 5.82 Å². The van der Waals surface area contributed by atoms with Crippen LogP contribution in [-0.2, 0) is 0 Å². The number of aryl methyl sites for hydroxylation is 1. The third-order valence-corrected chi connectivity index (χ3v) is 3.71. The molecule has 17 heavy (non-hydrogen) atoms. The van der Waals surface area contributed by atoms with Gasteiger partial charge in [0.1, 0.15) is 5.82 Å². The second-order valence-corrected chi connectivity index (χ2v) is 5.02. The van der Waals surface area contributed by atoms with Gasteiger partial charge >= 0.3 is 0 Å². The van der Waals surface area contributed by atoms with E-state index in [4.69, 9.17) is 11.6 Å². The summed E-state index contributed by atoms with van der Waals surface area (Å²) in [7, 11) is 0. The SMILES string of the molecule is Cc1cccc(C(=O)NC2CCCC2Cl)c1F. The van der Waals surface area contributed by atoms with E-state index in [1.807, 2.05) is 0 Å². The number of nitrogens with one attached hydrogen (secondary N) is 1. The smallest absolute Gasteiger partial charge is 0.254 e. The number of hydrogen-bond acceptors (Lipinski definition) is 1. The molecule has 92 valence electrons. The molecule has 0 heterocycles. The molecule has 2 rings (SSSR count). The minimum atomic E-state index is -0.450. The van der Waals surface area contributed by atoms with Gasteiger partial charge in [-0.25, -0.2) is 4.39 Å². The van der Waals surface area contributed by atoms with E-state index in [0.29, 0.717) is 5.56 Å². The first-order valence-corrected chi connectivity index (χ1v) is 6.23. The van der Waals surface area contributed by atoms with Crippen molar-refractivity contribution < 1.29 is 9.18 Å². The number of benzene rings is 1. The van der Waals surface area contributed by atoms with Crippen molar-refractivity contribution in [1.29, 1.82) is 0 Å². The van der Waals surface area contributed by atoms with Gasteiger partial charge in [0.2, 0.25) is 0 Å². The minimum Gasteiger partial charge on any atom is -0.348 e. The summed E-state index contributed by atoms with van der Waals surface area (Å²) in [5.41, 5.74) is 0.576. The fourth-order valence-electron chi connectivity index (χ4n) is 2.15. The Hall–Kier alpha value is -1.09. The van der Waals surface area contributed by atoms with E-state index in [2.05, 4.69) is 5.32 Å². The Bertz CT molecular complexity index is 435. The van der Waals surface area contributed by atoms with Gasteiger partial charge < -0.3 is 5.32 Å². The number of amides is 1. The Balaban J connectivity index is 2.12. The lowest BCUT2D eigenvalue weighted by Gasteiger charge is -2.16. The lowest BCUT2D eigenvalue weighted by molar-refractivity contribution is 0.0934. The summed E-state index contributed by atoms with van der Waals surface area (Å²) in [5, 5.41) is 2.77. The van der Waals surface area contributed by atoms with Gasteiger partial charge in [-0.1, -0.05) is 12.1 Å². The van der Waals surface area contributed by atoms with Gasteiger partial charge in [0, 0.05) is 6.04 Å². The first-order valence-electron chi connectivity index (χ1n) is 5.79. The van der Waals surface area contributed by atoms with Crippen LogP contribution in [-0.4, -0.2) is 17.3 Å². The number of rotatable bonds is 2. The zero-order valence-corrected chi connectivity index (χ0v) is 10.4. The molecule has 1 aromatic carbocycles. The Morgan fingerprint density at radius 2 is 2.24 bits per heavy atom. The largest absolute Gasteiger partial charge is 0.348 e. The van der Waals surface area contributed by atoms with Crippen molar-refractivity contribution in [3.8, 4) is 0 Å². The number of alkyl halides is 1. The van der Waals surface area contributed by atoms with Crippen molar-refractivity contribution >= 4 is 17.5 Å². The molecule has 0 saturated heterocycles. The fraction of sp³-hybridized carbons (Fsp3) is 0.462. The molecule has 1 amide bonds. The summed E-state index contributed by atoms with van der Waals surface area (Å²) in [6.45, 7) is 1.64. The highest BCUT2D eigenvalue weighted by Gasteiger charge is 2.27. The number of halogens is 2. The van der Waals surface area contributed by atoms with Gasteiger partial charge in [-0.05, 0) is 37.8 Å². The molecule has 4 heteroatoms. The zero-order valence-electron chi connectivity index (χ0n) is 9.67. The summed E-state index contributed by atoms with van der Waals surface area (Å²) in [4.78, 5) is 11.9. The van der Waals surface area contributed by atoms with Crippen LogP contribution in [0.2, 0.25) is 0 Å². The second kappa shape index (κ2) is 5.05. The molecule has 0 radical (unpaired) electrons. The molecule has 0 bridgehead atoms. The van der Waals surface area contributed by atoms with Crippen LogP contribution in [0.25, 0.3) is 0 Å². The monoisotopic (exact) mass is 255 g/mol. The van der Waals surface area contributed by atoms with E-state index in [1.54, 1.807) is 19.1 Å². The maximum atomic E-state index is 13.7. The van der Waals surface area contributed by atoms with Crippen molar-refractivity contribution in [2.45, 2.75) is 37.6 Å². The van der Waals surface area contributed by atoms with Gasteiger partial charge in [-0.2, -0.15) is 0 Å². The van der Waals surface area contributed by atoms with Crippen LogP contribution in [0.4, 0.5) is 4.39 Å². The molecular formula is C13H15ClFNO. The average molecular weight is 256 g/mol. The van der Waals surface area contributed by atoms with E-state index in [1.165, 1.54) is 6.07 Å². The van der Waals surface area contributed by atoms with Crippen LogP contribution in [0, 0.1) is 12.7 Å². The maximum absolute atomic E-state index is 13.7. The van der Waals surface area contributed by atoms with E-state index in [-0.39, 0.29) is 22.9 Å². The number of carbonyl (C=O) groups excluding carboxylic acids is 1. The summed E-state index contributed by atoms with van der Waals surface area (Å²) >= 11 is 6.07. The highest BCUT2D eigenvalue weighted by atomic mass is 35.5. The van der Waals surface area contributed by atoms with E-state index in [0.717, 1.165) is 19.3 Å². The molecule has 1 aromatic rings. The molecular weight excluding hydrogens is 241 g/mol. The Kier molecular flexibility index (Phi) is 3.67. The minimum absolute atomic E-state index is 0.0354. The molecule has 0 spiro atoms.